The minimum Gasteiger partial charge on any atom is -0.414 e. The van der Waals surface area contributed by atoms with Crippen LogP contribution >= 0.6 is 0 Å². The Bertz CT molecular complexity index is 374. The Morgan fingerprint density at radius 2 is 1.79 bits per heavy atom. The molecule has 1 fully saturated rings. The van der Waals surface area contributed by atoms with Crippen molar-refractivity contribution in [2.24, 2.45) is 5.92 Å². The Hall–Kier alpha value is -0.603. The van der Waals surface area contributed by atoms with Gasteiger partial charge in [0, 0.05) is 6.10 Å². The first-order chi connectivity index (χ1) is 9.11. The van der Waals surface area contributed by atoms with Crippen molar-refractivity contribution in [3.05, 3.63) is 35.9 Å². The van der Waals surface area contributed by atoms with Crippen molar-refractivity contribution in [3.63, 3.8) is 0 Å². The van der Waals surface area contributed by atoms with Gasteiger partial charge in [0.15, 0.2) is 8.32 Å². The van der Waals surface area contributed by atoms with Gasteiger partial charge >= 0.3 is 0 Å². The summed E-state index contributed by atoms with van der Waals surface area (Å²) in [6.45, 7) is 7.07. The van der Waals surface area contributed by atoms with Crippen molar-refractivity contribution in [1.29, 1.82) is 0 Å². The highest BCUT2D eigenvalue weighted by Gasteiger charge is 2.32. The van der Waals surface area contributed by atoms with Gasteiger partial charge in [0.1, 0.15) is 0 Å². The van der Waals surface area contributed by atoms with E-state index in [2.05, 4.69) is 50.3 Å². The molecule has 2 rings (SSSR count). The number of hydrogen-bond acceptors (Lipinski definition) is 1. The van der Waals surface area contributed by atoms with E-state index in [9.17, 15) is 0 Å². The molecule has 2 heteroatoms. The van der Waals surface area contributed by atoms with Crippen molar-refractivity contribution >= 4 is 8.32 Å². The summed E-state index contributed by atoms with van der Waals surface area (Å²) >= 11 is 0. The van der Waals surface area contributed by atoms with Crippen LogP contribution in [-0.2, 0) is 10.5 Å². The summed E-state index contributed by atoms with van der Waals surface area (Å²) in [6, 6.07) is 12.0. The Kier molecular flexibility index (Phi) is 5.23. The molecule has 1 aromatic carbocycles. The summed E-state index contributed by atoms with van der Waals surface area (Å²) in [6.07, 6.45) is 7.22. The Morgan fingerprint density at radius 3 is 2.47 bits per heavy atom. The minimum atomic E-state index is -1.59. The molecule has 0 aliphatic heterocycles. The summed E-state index contributed by atoms with van der Waals surface area (Å²) in [5.41, 5.74) is 1.43. The van der Waals surface area contributed by atoms with E-state index in [1.54, 1.807) is 0 Å². The summed E-state index contributed by atoms with van der Waals surface area (Å²) in [4.78, 5) is 0. The largest absolute Gasteiger partial charge is 0.414 e. The fourth-order valence-electron chi connectivity index (χ4n) is 3.33. The highest BCUT2D eigenvalue weighted by Crippen LogP contribution is 2.31. The zero-order valence-electron chi connectivity index (χ0n) is 12.7. The molecule has 0 aromatic heterocycles. The molecule has 1 aromatic rings. The maximum atomic E-state index is 6.63. The lowest BCUT2D eigenvalue weighted by Crippen LogP contribution is -2.42. The molecule has 0 heterocycles. The molecule has 1 nitrogen and oxygen atoms in total. The van der Waals surface area contributed by atoms with E-state index in [0.29, 0.717) is 6.10 Å². The van der Waals surface area contributed by atoms with Crippen LogP contribution in [0.3, 0.4) is 0 Å². The van der Waals surface area contributed by atoms with Gasteiger partial charge in [0.05, 0.1) is 0 Å². The second-order valence-electron chi connectivity index (χ2n) is 6.53. The molecule has 2 unspecified atom stereocenters. The smallest absolute Gasteiger partial charge is 0.191 e. The van der Waals surface area contributed by atoms with Crippen molar-refractivity contribution in [2.45, 2.75) is 64.3 Å². The third kappa shape index (κ3) is 4.46. The van der Waals surface area contributed by atoms with Crippen molar-refractivity contribution in [3.8, 4) is 0 Å². The van der Waals surface area contributed by atoms with Crippen molar-refractivity contribution in [2.75, 3.05) is 0 Å². The lowest BCUT2D eigenvalue weighted by molar-refractivity contribution is 0.0821. The summed E-state index contributed by atoms with van der Waals surface area (Å²) in [5, 5.41) is 0. The van der Waals surface area contributed by atoms with Crippen LogP contribution < -0.4 is 0 Å². The minimum absolute atomic E-state index is 0.532. The summed E-state index contributed by atoms with van der Waals surface area (Å²) in [7, 11) is -1.59. The molecular weight excluding hydrogens is 248 g/mol. The van der Waals surface area contributed by atoms with Gasteiger partial charge in [0.2, 0.25) is 0 Å². The highest BCUT2D eigenvalue weighted by molar-refractivity contribution is 6.70. The molecule has 1 saturated carbocycles. The third-order valence-electron chi connectivity index (χ3n) is 4.31. The zero-order chi connectivity index (χ0) is 13.7. The molecule has 1 aliphatic carbocycles. The lowest BCUT2D eigenvalue weighted by atomic mass is 9.85. The highest BCUT2D eigenvalue weighted by atomic mass is 28.4. The van der Waals surface area contributed by atoms with Gasteiger partial charge < -0.3 is 4.43 Å². The standard InChI is InChI=1S/C17H28OSi/c1-4-16-12-8-9-13-17(16)18-19(2,3)14-15-10-6-5-7-11-15/h5-7,10-11,16-17H,4,8-9,12-14H2,1-3H3. The third-order valence-corrected chi connectivity index (χ3v) is 6.51. The molecule has 0 radical (unpaired) electrons. The van der Waals surface area contributed by atoms with Crippen LogP contribution in [-0.4, -0.2) is 14.4 Å². The zero-order valence-corrected chi connectivity index (χ0v) is 13.7. The Morgan fingerprint density at radius 1 is 1.11 bits per heavy atom. The average molecular weight is 276 g/mol. The number of benzene rings is 1. The first-order valence-corrected chi connectivity index (χ1v) is 10.9. The maximum absolute atomic E-state index is 6.63. The van der Waals surface area contributed by atoms with E-state index < -0.39 is 8.32 Å². The van der Waals surface area contributed by atoms with Gasteiger partial charge in [-0.15, -0.1) is 0 Å². The van der Waals surface area contributed by atoms with Crippen LogP contribution in [0.4, 0.5) is 0 Å². The monoisotopic (exact) mass is 276 g/mol. The second kappa shape index (κ2) is 6.71. The average Bonchev–Trinajstić information content (AvgIpc) is 2.39. The molecule has 0 spiro atoms. The van der Waals surface area contributed by atoms with Crippen LogP contribution in [0.2, 0.25) is 13.1 Å². The fourth-order valence-corrected chi connectivity index (χ4v) is 5.77. The lowest BCUT2D eigenvalue weighted by Gasteiger charge is -2.37. The normalized spacial score (nSPS) is 24.4. The molecule has 2 atom stereocenters. The van der Waals surface area contributed by atoms with Gasteiger partial charge in [-0.1, -0.05) is 56.5 Å². The molecule has 19 heavy (non-hydrogen) atoms. The second-order valence-corrected chi connectivity index (χ2v) is 10.6. The summed E-state index contributed by atoms with van der Waals surface area (Å²) < 4.78 is 6.63. The fraction of sp³-hybridized carbons (Fsp3) is 0.647. The van der Waals surface area contributed by atoms with E-state index in [1.807, 2.05) is 0 Å². The Labute approximate surface area is 119 Å². The van der Waals surface area contributed by atoms with Crippen LogP contribution in [0.15, 0.2) is 30.3 Å². The topological polar surface area (TPSA) is 9.23 Å². The Balaban J connectivity index is 1.95. The van der Waals surface area contributed by atoms with E-state index in [-0.39, 0.29) is 0 Å². The van der Waals surface area contributed by atoms with E-state index >= 15 is 0 Å². The quantitative estimate of drug-likeness (QED) is 0.691. The van der Waals surface area contributed by atoms with Gasteiger partial charge in [-0.05, 0) is 43.5 Å². The molecular formula is C17H28OSi. The molecule has 0 saturated heterocycles. The van der Waals surface area contributed by atoms with Crippen molar-refractivity contribution < 1.29 is 4.43 Å². The molecule has 0 bridgehead atoms. The van der Waals surface area contributed by atoms with Crippen molar-refractivity contribution in [1.82, 2.24) is 0 Å². The van der Waals surface area contributed by atoms with Crippen LogP contribution in [0, 0.1) is 5.92 Å². The van der Waals surface area contributed by atoms with E-state index in [4.69, 9.17) is 4.43 Å². The van der Waals surface area contributed by atoms with E-state index in [1.165, 1.54) is 37.7 Å². The van der Waals surface area contributed by atoms with Gasteiger partial charge in [-0.3, -0.25) is 0 Å². The molecule has 1 aliphatic rings. The van der Waals surface area contributed by atoms with Gasteiger partial charge in [-0.2, -0.15) is 0 Å². The molecule has 106 valence electrons. The molecule has 0 N–H and O–H groups in total. The van der Waals surface area contributed by atoms with E-state index in [0.717, 1.165) is 12.0 Å². The van der Waals surface area contributed by atoms with Crippen LogP contribution in [0.5, 0.6) is 0 Å². The first kappa shape index (κ1) is 14.8. The maximum Gasteiger partial charge on any atom is 0.191 e. The predicted molar refractivity (Wildman–Crippen MR) is 84.8 cm³/mol. The first-order valence-electron chi connectivity index (χ1n) is 7.82. The number of hydrogen-bond donors (Lipinski definition) is 0. The van der Waals surface area contributed by atoms with Crippen LogP contribution in [0.25, 0.3) is 0 Å². The van der Waals surface area contributed by atoms with Gasteiger partial charge in [-0.25, -0.2) is 0 Å². The molecule has 0 amide bonds. The SMILES string of the molecule is CCC1CCCCC1O[Si](C)(C)Cc1ccccc1. The summed E-state index contributed by atoms with van der Waals surface area (Å²) in [5.74, 6) is 0.802. The number of rotatable bonds is 5. The van der Waals surface area contributed by atoms with Gasteiger partial charge in [0.25, 0.3) is 0 Å². The van der Waals surface area contributed by atoms with Crippen LogP contribution in [0.1, 0.15) is 44.6 Å². The predicted octanol–water partition coefficient (Wildman–Crippen LogP) is 4.96.